The maximum Gasteiger partial charge on any atom is 0.412 e. The van der Waals surface area contributed by atoms with Gasteiger partial charge in [0, 0.05) is 5.92 Å². The topological polar surface area (TPSA) is 88.5 Å². The van der Waals surface area contributed by atoms with Gasteiger partial charge in [0.25, 0.3) is 0 Å². The van der Waals surface area contributed by atoms with Crippen LogP contribution in [0.3, 0.4) is 0 Å². The van der Waals surface area contributed by atoms with Crippen LogP contribution < -0.4 is 5.32 Å². The van der Waals surface area contributed by atoms with Crippen molar-refractivity contribution in [3.63, 3.8) is 0 Å². The van der Waals surface area contributed by atoms with Crippen LogP contribution in [-0.2, 0) is 4.74 Å². The molecule has 28 heavy (non-hydrogen) atoms. The molecule has 0 bridgehead atoms. The molecule has 0 aliphatic heterocycles. The van der Waals surface area contributed by atoms with E-state index in [9.17, 15) is 14.7 Å². The molecular formula is C21H15ClN2O4. The summed E-state index contributed by atoms with van der Waals surface area (Å²) in [5, 5.41) is 11.7. The monoisotopic (exact) mass is 394 g/mol. The van der Waals surface area contributed by atoms with Gasteiger partial charge in [-0.2, -0.15) is 0 Å². The molecule has 0 spiro atoms. The fourth-order valence-electron chi connectivity index (χ4n) is 3.43. The SMILES string of the molecule is O=C(Nc1nc(Cl)ccc1C(=O)O)OCC1c2ccccc2-c2ccccc21. The predicted octanol–water partition coefficient (Wildman–Crippen LogP) is 4.79. The highest BCUT2D eigenvalue weighted by molar-refractivity contribution is 6.29. The van der Waals surface area contributed by atoms with E-state index in [2.05, 4.69) is 10.3 Å². The minimum atomic E-state index is -1.22. The van der Waals surface area contributed by atoms with Gasteiger partial charge in [-0.05, 0) is 34.4 Å². The highest BCUT2D eigenvalue weighted by atomic mass is 35.5. The molecular weight excluding hydrogens is 380 g/mol. The zero-order chi connectivity index (χ0) is 19.7. The highest BCUT2D eigenvalue weighted by Gasteiger charge is 2.29. The normalized spacial score (nSPS) is 12.2. The average molecular weight is 395 g/mol. The van der Waals surface area contributed by atoms with Gasteiger partial charge >= 0.3 is 12.1 Å². The molecule has 1 aliphatic carbocycles. The first-order chi connectivity index (χ1) is 13.5. The summed E-state index contributed by atoms with van der Waals surface area (Å²) in [4.78, 5) is 27.4. The molecule has 0 atom stereocenters. The van der Waals surface area contributed by atoms with Crippen molar-refractivity contribution in [2.24, 2.45) is 0 Å². The second-order valence-corrected chi connectivity index (χ2v) is 6.67. The number of anilines is 1. The van der Waals surface area contributed by atoms with E-state index < -0.39 is 12.1 Å². The third-order valence-corrected chi connectivity index (χ3v) is 4.87. The van der Waals surface area contributed by atoms with Crippen molar-refractivity contribution in [3.05, 3.63) is 82.5 Å². The Bertz CT molecular complexity index is 1040. The minimum absolute atomic E-state index is 0.0685. The first kappa shape index (κ1) is 18.0. The zero-order valence-corrected chi connectivity index (χ0v) is 15.3. The minimum Gasteiger partial charge on any atom is -0.478 e. The van der Waals surface area contributed by atoms with Gasteiger partial charge in [0.05, 0.1) is 0 Å². The maximum atomic E-state index is 12.3. The smallest absolute Gasteiger partial charge is 0.412 e. The molecule has 1 aliphatic rings. The van der Waals surface area contributed by atoms with Crippen LogP contribution in [0.4, 0.5) is 10.6 Å². The van der Waals surface area contributed by atoms with Crippen molar-refractivity contribution < 1.29 is 19.4 Å². The fourth-order valence-corrected chi connectivity index (χ4v) is 3.58. The Morgan fingerprint density at radius 1 is 1.00 bits per heavy atom. The zero-order valence-electron chi connectivity index (χ0n) is 14.6. The van der Waals surface area contributed by atoms with Crippen LogP contribution in [0.25, 0.3) is 11.1 Å². The standard InChI is InChI=1S/C21H15ClN2O4/c22-18-10-9-16(20(25)26)19(23-18)24-21(27)28-11-17-14-7-3-1-5-12(14)13-6-2-4-8-15(13)17/h1-10,17H,11H2,(H,25,26)(H,23,24,27). The summed E-state index contributed by atoms with van der Waals surface area (Å²) in [7, 11) is 0. The van der Waals surface area contributed by atoms with Gasteiger partial charge in [-0.3, -0.25) is 5.32 Å². The van der Waals surface area contributed by atoms with Crippen LogP contribution in [0.2, 0.25) is 5.15 Å². The second-order valence-electron chi connectivity index (χ2n) is 6.29. The van der Waals surface area contributed by atoms with Gasteiger partial charge < -0.3 is 9.84 Å². The number of pyridine rings is 1. The lowest BCUT2D eigenvalue weighted by atomic mass is 9.98. The number of aromatic carboxylic acids is 1. The Morgan fingerprint density at radius 3 is 2.21 bits per heavy atom. The molecule has 140 valence electrons. The van der Waals surface area contributed by atoms with E-state index >= 15 is 0 Å². The maximum absolute atomic E-state index is 12.3. The number of hydrogen-bond acceptors (Lipinski definition) is 4. The van der Waals surface area contributed by atoms with E-state index in [4.69, 9.17) is 16.3 Å². The summed E-state index contributed by atoms with van der Waals surface area (Å²) in [6.07, 6.45) is -0.792. The quantitative estimate of drug-likeness (QED) is 0.621. The van der Waals surface area contributed by atoms with Crippen LogP contribution in [0.15, 0.2) is 60.7 Å². The third-order valence-electron chi connectivity index (χ3n) is 4.66. The number of aromatic nitrogens is 1. The summed E-state index contributed by atoms with van der Waals surface area (Å²) in [5.74, 6) is -1.47. The molecule has 1 heterocycles. The van der Waals surface area contributed by atoms with Gasteiger partial charge in [-0.15, -0.1) is 0 Å². The lowest BCUT2D eigenvalue weighted by Crippen LogP contribution is -2.20. The van der Waals surface area contributed by atoms with Gasteiger partial charge in [-0.1, -0.05) is 60.1 Å². The van der Waals surface area contributed by atoms with Crippen molar-refractivity contribution in [2.45, 2.75) is 5.92 Å². The van der Waals surface area contributed by atoms with Crippen molar-refractivity contribution >= 4 is 29.5 Å². The Morgan fingerprint density at radius 2 is 1.61 bits per heavy atom. The number of carboxylic acid groups (broad SMARTS) is 1. The number of hydrogen-bond donors (Lipinski definition) is 2. The van der Waals surface area contributed by atoms with Crippen molar-refractivity contribution in [1.29, 1.82) is 0 Å². The number of rotatable bonds is 4. The first-order valence-corrected chi connectivity index (χ1v) is 8.94. The molecule has 2 aromatic carbocycles. The molecule has 0 saturated heterocycles. The highest BCUT2D eigenvalue weighted by Crippen LogP contribution is 2.44. The number of carbonyl (C=O) groups is 2. The van der Waals surface area contributed by atoms with E-state index in [0.717, 1.165) is 22.3 Å². The average Bonchev–Trinajstić information content (AvgIpc) is 3.00. The molecule has 1 amide bonds. The summed E-state index contributed by atoms with van der Waals surface area (Å²) < 4.78 is 5.39. The van der Waals surface area contributed by atoms with Crippen LogP contribution in [0.5, 0.6) is 0 Å². The molecule has 2 N–H and O–H groups in total. The van der Waals surface area contributed by atoms with Crippen LogP contribution in [0, 0.1) is 0 Å². The van der Waals surface area contributed by atoms with Crippen molar-refractivity contribution in [1.82, 2.24) is 4.98 Å². The number of benzene rings is 2. The third kappa shape index (κ3) is 3.30. The van der Waals surface area contributed by atoms with E-state index in [1.165, 1.54) is 12.1 Å². The van der Waals surface area contributed by atoms with Gasteiger partial charge in [0.1, 0.15) is 17.3 Å². The number of carboxylic acids is 1. The van der Waals surface area contributed by atoms with E-state index in [0.29, 0.717) is 0 Å². The molecule has 4 rings (SSSR count). The summed E-state index contributed by atoms with van der Waals surface area (Å²) in [6, 6.07) is 18.6. The molecule has 0 saturated carbocycles. The van der Waals surface area contributed by atoms with Crippen LogP contribution >= 0.6 is 11.6 Å². The second kappa shape index (κ2) is 7.32. The van der Waals surface area contributed by atoms with Crippen molar-refractivity contribution in [3.8, 4) is 11.1 Å². The molecule has 1 aromatic heterocycles. The summed E-state index contributed by atoms with van der Waals surface area (Å²) in [5.41, 5.74) is 4.25. The fraction of sp³-hybridized carbons (Fsp3) is 0.0952. The van der Waals surface area contributed by atoms with Gasteiger partial charge in [0.15, 0.2) is 5.82 Å². The lowest BCUT2D eigenvalue weighted by molar-refractivity contribution is 0.0697. The number of halogens is 1. The van der Waals surface area contributed by atoms with Crippen LogP contribution in [0.1, 0.15) is 27.4 Å². The molecule has 3 aromatic rings. The number of ether oxygens (including phenoxy) is 1. The van der Waals surface area contributed by atoms with Gasteiger partial charge in [0.2, 0.25) is 0 Å². The molecule has 7 heteroatoms. The number of carbonyl (C=O) groups excluding carboxylic acids is 1. The summed E-state index contributed by atoms with van der Waals surface area (Å²) >= 11 is 5.80. The first-order valence-electron chi connectivity index (χ1n) is 8.56. The number of fused-ring (bicyclic) bond motifs is 3. The molecule has 0 unspecified atom stereocenters. The Balaban J connectivity index is 1.52. The van der Waals surface area contributed by atoms with E-state index in [-0.39, 0.29) is 29.1 Å². The van der Waals surface area contributed by atoms with E-state index in [1.807, 2.05) is 48.5 Å². The largest absolute Gasteiger partial charge is 0.478 e. The van der Waals surface area contributed by atoms with Gasteiger partial charge in [-0.25, -0.2) is 14.6 Å². The summed E-state index contributed by atoms with van der Waals surface area (Å²) in [6.45, 7) is 0.114. The number of nitrogens with one attached hydrogen (secondary N) is 1. The number of nitrogens with zero attached hydrogens (tertiary/aromatic N) is 1. The van der Waals surface area contributed by atoms with E-state index in [1.54, 1.807) is 0 Å². The Labute approximate surface area is 165 Å². The molecule has 0 fully saturated rings. The van der Waals surface area contributed by atoms with Crippen LogP contribution in [-0.4, -0.2) is 28.8 Å². The predicted molar refractivity (Wildman–Crippen MR) is 105 cm³/mol. The lowest BCUT2D eigenvalue weighted by Gasteiger charge is -2.15. The Kier molecular flexibility index (Phi) is 4.71. The number of amides is 1. The van der Waals surface area contributed by atoms with Crippen molar-refractivity contribution in [2.75, 3.05) is 11.9 Å². The Hall–Kier alpha value is -3.38. The molecule has 0 radical (unpaired) electrons. The molecule has 6 nitrogen and oxygen atoms in total.